The van der Waals surface area contributed by atoms with Crippen molar-refractivity contribution >= 4 is 28.3 Å². The number of phenolic OH excluding ortho intramolecular Hbond substituents is 1. The smallest absolute Gasteiger partial charge is 0.225 e. The first-order valence-corrected chi connectivity index (χ1v) is 6.55. The van der Waals surface area contributed by atoms with Crippen molar-refractivity contribution in [3.8, 4) is 5.75 Å². The van der Waals surface area contributed by atoms with Crippen LogP contribution in [0.1, 0.15) is 5.56 Å². The fourth-order valence-corrected chi connectivity index (χ4v) is 2.20. The second-order valence-corrected chi connectivity index (χ2v) is 4.69. The zero-order valence-corrected chi connectivity index (χ0v) is 11.3. The van der Waals surface area contributed by atoms with E-state index in [1.165, 1.54) is 0 Å². The van der Waals surface area contributed by atoms with E-state index in [9.17, 15) is 5.11 Å². The lowest BCUT2D eigenvalue weighted by atomic mass is 10.2. The first-order valence-electron chi connectivity index (χ1n) is 6.17. The summed E-state index contributed by atoms with van der Waals surface area (Å²) in [5.74, 6) is 0.703. The predicted molar refractivity (Wildman–Crippen MR) is 80.0 cm³/mol. The van der Waals surface area contributed by atoms with Gasteiger partial charge in [-0.05, 0) is 29.3 Å². The van der Waals surface area contributed by atoms with E-state index < -0.39 is 0 Å². The van der Waals surface area contributed by atoms with Gasteiger partial charge in [0, 0.05) is 11.9 Å². The van der Waals surface area contributed by atoms with Gasteiger partial charge in [-0.2, -0.15) is 0 Å². The molecule has 5 heteroatoms. The normalized spacial score (nSPS) is 10.7. The van der Waals surface area contributed by atoms with Crippen molar-refractivity contribution < 1.29 is 5.11 Å². The van der Waals surface area contributed by atoms with Crippen LogP contribution in [0.15, 0.2) is 48.5 Å². The minimum atomic E-state index is 0.0922. The zero-order chi connectivity index (χ0) is 13.9. The molecular weight excluding hydrogens is 274 g/mol. The third kappa shape index (κ3) is 2.51. The molecule has 4 nitrogen and oxygen atoms in total. The van der Waals surface area contributed by atoms with Gasteiger partial charge >= 0.3 is 0 Å². The molecule has 1 aromatic heterocycles. The largest absolute Gasteiger partial charge is 0.506 e. The van der Waals surface area contributed by atoms with E-state index in [1.54, 1.807) is 12.1 Å². The van der Waals surface area contributed by atoms with Crippen molar-refractivity contribution in [2.45, 2.75) is 6.54 Å². The number of aromatic nitrogens is 2. The molecule has 0 spiro atoms. The van der Waals surface area contributed by atoms with Crippen LogP contribution in [0.5, 0.6) is 5.75 Å². The molecule has 0 amide bonds. The summed E-state index contributed by atoms with van der Waals surface area (Å²) in [6.45, 7) is 0.624. The number of nitrogens with one attached hydrogen (secondary N) is 1. The first kappa shape index (κ1) is 12.7. The molecule has 2 N–H and O–H groups in total. The number of rotatable bonds is 3. The van der Waals surface area contributed by atoms with E-state index in [1.807, 2.05) is 36.4 Å². The van der Waals surface area contributed by atoms with Gasteiger partial charge in [-0.25, -0.2) is 9.97 Å². The molecule has 0 unspecified atom stereocenters. The monoisotopic (exact) mass is 285 g/mol. The van der Waals surface area contributed by atoms with E-state index in [0.29, 0.717) is 17.9 Å². The average Bonchev–Trinajstić information content (AvgIpc) is 2.47. The van der Waals surface area contributed by atoms with Gasteiger partial charge < -0.3 is 10.4 Å². The average molecular weight is 286 g/mol. The van der Waals surface area contributed by atoms with Gasteiger partial charge in [0.1, 0.15) is 17.1 Å². The first-order chi connectivity index (χ1) is 9.74. The van der Waals surface area contributed by atoms with Crippen LogP contribution in [-0.2, 0) is 6.54 Å². The van der Waals surface area contributed by atoms with E-state index in [2.05, 4.69) is 15.3 Å². The van der Waals surface area contributed by atoms with Crippen LogP contribution in [0.3, 0.4) is 0 Å². The fourth-order valence-electron chi connectivity index (χ4n) is 2.03. The van der Waals surface area contributed by atoms with Gasteiger partial charge in [0.15, 0.2) is 0 Å². The highest BCUT2D eigenvalue weighted by atomic mass is 35.5. The SMILES string of the molecule is Oc1cccc2c(NCc3ccccc3)nc(Cl)nc12. The van der Waals surface area contributed by atoms with Crippen LogP contribution in [0.2, 0.25) is 5.28 Å². The maximum absolute atomic E-state index is 9.83. The maximum Gasteiger partial charge on any atom is 0.225 e. The van der Waals surface area contributed by atoms with Crippen molar-refractivity contribution in [2.24, 2.45) is 0 Å². The summed E-state index contributed by atoms with van der Waals surface area (Å²) in [6, 6.07) is 15.2. The second-order valence-electron chi connectivity index (χ2n) is 4.35. The van der Waals surface area contributed by atoms with E-state index >= 15 is 0 Å². The highest BCUT2D eigenvalue weighted by Gasteiger charge is 2.09. The van der Waals surface area contributed by atoms with Crippen LogP contribution in [0.25, 0.3) is 10.9 Å². The van der Waals surface area contributed by atoms with Crippen LogP contribution in [0.4, 0.5) is 5.82 Å². The molecule has 0 aliphatic carbocycles. The molecule has 0 fully saturated rings. The number of hydrogen-bond acceptors (Lipinski definition) is 4. The topological polar surface area (TPSA) is 58.0 Å². The molecule has 100 valence electrons. The van der Waals surface area contributed by atoms with Gasteiger partial charge in [-0.15, -0.1) is 0 Å². The summed E-state index contributed by atoms with van der Waals surface area (Å²) in [6.07, 6.45) is 0. The summed E-state index contributed by atoms with van der Waals surface area (Å²) in [7, 11) is 0. The molecule has 0 aliphatic heterocycles. The van der Waals surface area contributed by atoms with Crippen molar-refractivity contribution in [1.82, 2.24) is 9.97 Å². The molecule has 0 saturated carbocycles. The Labute approximate surface area is 121 Å². The van der Waals surface area contributed by atoms with Gasteiger partial charge in [0.2, 0.25) is 5.28 Å². The molecule has 0 aliphatic rings. The number of nitrogens with zero attached hydrogens (tertiary/aromatic N) is 2. The minimum Gasteiger partial charge on any atom is -0.506 e. The van der Waals surface area contributed by atoms with Gasteiger partial charge in [-0.3, -0.25) is 0 Å². The van der Waals surface area contributed by atoms with Crippen molar-refractivity contribution in [3.63, 3.8) is 0 Å². The molecule has 1 heterocycles. The lowest BCUT2D eigenvalue weighted by Gasteiger charge is -2.09. The standard InChI is InChI=1S/C15H12ClN3O/c16-15-18-13-11(7-4-8-12(13)20)14(19-15)17-9-10-5-2-1-3-6-10/h1-8,20H,9H2,(H,17,18,19). The third-order valence-electron chi connectivity index (χ3n) is 2.98. The van der Waals surface area contributed by atoms with Gasteiger partial charge in [0.05, 0.1) is 0 Å². The van der Waals surface area contributed by atoms with Gasteiger partial charge in [0.25, 0.3) is 0 Å². The fraction of sp³-hybridized carbons (Fsp3) is 0.0667. The number of halogens is 1. The predicted octanol–water partition coefficient (Wildman–Crippen LogP) is 3.60. The quantitative estimate of drug-likeness (QED) is 0.722. The van der Waals surface area contributed by atoms with Crippen molar-refractivity contribution in [1.29, 1.82) is 0 Å². The van der Waals surface area contributed by atoms with E-state index in [4.69, 9.17) is 11.6 Å². The molecule has 2 aromatic carbocycles. The number of benzene rings is 2. The minimum absolute atomic E-state index is 0.0922. The van der Waals surface area contributed by atoms with E-state index in [0.717, 1.165) is 10.9 Å². The summed E-state index contributed by atoms with van der Waals surface area (Å²) >= 11 is 5.90. The van der Waals surface area contributed by atoms with Crippen molar-refractivity contribution in [2.75, 3.05) is 5.32 Å². The number of phenols is 1. The molecule has 3 aromatic rings. The number of aromatic hydroxyl groups is 1. The molecule has 0 saturated heterocycles. The maximum atomic E-state index is 9.83. The number of anilines is 1. The van der Waals surface area contributed by atoms with Crippen LogP contribution in [0, 0.1) is 0 Å². The summed E-state index contributed by atoms with van der Waals surface area (Å²) in [5.41, 5.74) is 1.58. The Morgan fingerprint density at radius 1 is 1.00 bits per heavy atom. The highest BCUT2D eigenvalue weighted by Crippen LogP contribution is 2.28. The third-order valence-corrected chi connectivity index (χ3v) is 3.15. The molecular formula is C15H12ClN3O. The Hall–Kier alpha value is -2.33. The van der Waals surface area contributed by atoms with Crippen LogP contribution >= 0.6 is 11.6 Å². The van der Waals surface area contributed by atoms with Crippen LogP contribution < -0.4 is 5.32 Å². The van der Waals surface area contributed by atoms with Gasteiger partial charge in [-0.1, -0.05) is 36.4 Å². The zero-order valence-electron chi connectivity index (χ0n) is 10.5. The Morgan fingerprint density at radius 2 is 1.80 bits per heavy atom. The molecule has 3 rings (SSSR count). The second kappa shape index (κ2) is 5.35. The number of fused-ring (bicyclic) bond motifs is 1. The summed E-state index contributed by atoms with van der Waals surface area (Å²) in [5, 5.41) is 13.9. The van der Waals surface area contributed by atoms with E-state index in [-0.39, 0.29) is 11.0 Å². The van der Waals surface area contributed by atoms with Crippen LogP contribution in [-0.4, -0.2) is 15.1 Å². The molecule has 0 bridgehead atoms. The Bertz CT molecular complexity index is 747. The molecule has 0 radical (unpaired) electrons. The number of hydrogen-bond donors (Lipinski definition) is 2. The van der Waals surface area contributed by atoms with Crippen molar-refractivity contribution in [3.05, 3.63) is 59.4 Å². The molecule has 20 heavy (non-hydrogen) atoms. The lowest BCUT2D eigenvalue weighted by Crippen LogP contribution is -2.03. The molecule has 0 atom stereocenters. The Balaban J connectivity index is 1.97. The Kier molecular flexibility index (Phi) is 3.39. The summed E-state index contributed by atoms with van der Waals surface area (Å²) in [4.78, 5) is 8.24. The highest BCUT2D eigenvalue weighted by molar-refractivity contribution is 6.29. The lowest BCUT2D eigenvalue weighted by molar-refractivity contribution is 0.480. The summed E-state index contributed by atoms with van der Waals surface area (Å²) < 4.78 is 0. The Morgan fingerprint density at radius 3 is 2.60 bits per heavy atom. The number of para-hydroxylation sites is 1.